The van der Waals surface area contributed by atoms with Crippen molar-refractivity contribution in [1.82, 2.24) is 9.55 Å². The van der Waals surface area contributed by atoms with Gasteiger partial charge in [-0.25, -0.2) is 4.98 Å². The molecule has 0 radical (unpaired) electrons. The largest absolute Gasteiger partial charge is 0.324 e. The van der Waals surface area contributed by atoms with Gasteiger partial charge in [-0.05, 0) is 48.8 Å². The maximum atomic E-state index is 6.25. The van der Waals surface area contributed by atoms with Crippen molar-refractivity contribution in [2.75, 3.05) is 0 Å². The first-order valence-corrected chi connectivity index (χ1v) is 8.89. The first-order chi connectivity index (χ1) is 11.6. The summed E-state index contributed by atoms with van der Waals surface area (Å²) in [6.45, 7) is 5.41. The van der Waals surface area contributed by atoms with E-state index in [1.807, 2.05) is 48.6 Å². The number of imidazole rings is 1. The van der Waals surface area contributed by atoms with Gasteiger partial charge in [-0.3, -0.25) is 0 Å². The molecule has 3 aromatic rings. The Morgan fingerprint density at radius 1 is 1.00 bits per heavy atom. The third kappa shape index (κ3) is 3.66. The molecule has 0 amide bonds. The fourth-order valence-electron chi connectivity index (χ4n) is 2.67. The molecule has 0 atom stereocenters. The number of fused-ring (bicyclic) bond motifs is 1. The molecule has 1 heterocycles. The highest BCUT2D eigenvalue weighted by Gasteiger charge is 2.09. The molecule has 0 aliphatic carbocycles. The van der Waals surface area contributed by atoms with Crippen LogP contribution >= 0.6 is 23.2 Å². The molecule has 0 bridgehead atoms. The normalized spacial score (nSPS) is 11.9. The molecule has 24 heavy (non-hydrogen) atoms. The van der Waals surface area contributed by atoms with Crippen LogP contribution in [-0.4, -0.2) is 9.55 Å². The predicted molar refractivity (Wildman–Crippen MR) is 105 cm³/mol. The molecule has 2 nitrogen and oxygen atoms in total. The zero-order valence-corrected chi connectivity index (χ0v) is 15.3. The van der Waals surface area contributed by atoms with Crippen LogP contribution in [-0.2, 0) is 6.54 Å². The van der Waals surface area contributed by atoms with Gasteiger partial charge in [0.05, 0.1) is 11.0 Å². The number of halogens is 2. The number of para-hydroxylation sites is 2. The van der Waals surface area contributed by atoms with Crippen LogP contribution in [0.4, 0.5) is 0 Å². The van der Waals surface area contributed by atoms with E-state index >= 15 is 0 Å². The summed E-state index contributed by atoms with van der Waals surface area (Å²) in [4.78, 5) is 4.76. The molecule has 0 saturated heterocycles. The molecule has 0 aliphatic rings. The van der Waals surface area contributed by atoms with Gasteiger partial charge in [0.1, 0.15) is 5.82 Å². The van der Waals surface area contributed by atoms with Crippen LogP contribution in [0.15, 0.2) is 42.5 Å². The Morgan fingerprint density at radius 2 is 1.71 bits per heavy atom. The Hall–Kier alpha value is -1.77. The highest BCUT2D eigenvalue weighted by atomic mass is 35.5. The second-order valence-corrected chi connectivity index (χ2v) is 7.08. The van der Waals surface area contributed by atoms with Crippen molar-refractivity contribution >= 4 is 46.4 Å². The van der Waals surface area contributed by atoms with Crippen LogP contribution < -0.4 is 0 Å². The van der Waals surface area contributed by atoms with Crippen molar-refractivity contribution in [3.8, 4) is 0 Å². The molecular weight excluding hydrogens is 339 g/mol. The smallest absolute Gasteiger partial charge is 0.133 e. The molecule has 0 aliphatic heterocycles. The van der Waals surface area contributed by atoms with Gasteiger partial charge in [0.15, 0.2) is 0 Å². The quantitative estimate of drug-likeness (QED) is 0.504. The van der Waals surface area contributed by atoms with Crippen molar-refractivity contribution in [2.24, 2.45) is 5.92 Å². The van der Waals surface area contributed by atoms with Crippen molar-refractivity contribution in [3.05, 3.63) is 63.9 Å². The third-order valence-electron chi connectivity index (χ3n) is 4.01. The van der Waals surface area contributed by atoms with Crippen LogP contribution in [0.3, 0.4) is 0 Å². The summed E-state index contributed by atoms with van der Waals surface area (Å²) in [5.41, 5.74) is 2.98. The maximum Gasteiger partial charge on any atom is 0.133 e. The van der Waals surface area contributed by atoms with Gasteiger partial charge >= 0.3 is 0 Å². The van der Waals surface area contributed by atoms with Gasteiger partial charge in [0, 0.05) is 22.2 Å². The number of aryl methyl sites for hydroxylation is 1. The van der Waals surface area contributed by atoms with E-state index in [9.17, 15) is 0 Å². The monoisotopic (exact) mass is 358 g/mol. The molecule has 4 heteroatoms. The van der Waals surface area contributed by atoms with Crippen molar-refractivity contribution < 1.29 is 0 Å². The van der Waals surface area contributed by atoms with E-state index in [1.54, 1.807) is 0 Å². The molecule has 3 rings (SSSR count). The highest BCUT2D eigenvalue weighted by Crippen LogP contribution is 2.27. The molecule has 124 valence electrons. The molecule has 0 N–H and O–H groups in total. The summed E-state index contributed by atoms with van der Waals surface area (Å²) in [6, 6.07) is 13.8. The summed E-state index contributed by atoms with van der Waals surface area (Å²) in [5, 5.41) is 1.28. The van der Waals surface area contributed by atoms with E-state index in [-0.39, 0.29) is 0 Å². The number of rotatable bonds is 5. The molecule has 2 aromatic carbocycles. The van der Waals surface area contributed by atoms with E-state index < -0.39 is 0 Å². The summed E-state index contributed by atoms with van der Waals surface area (Å²) in [7, 11) is 0. The number of nitrogens with zero attached hydrogens (tertiary/aromatic N) is 2. The van der Waals surface area contributed by atoms with Crippen molar-refractivity contribution in [3.63, 3.8) is 0 Å². The lowest BCUT2D eigenvalue weighted by Crippen LogP contribution is -2.03. The summed E-state index contributed by atoms with van der Waals surface area (Å²) in [6.07, 6.45) is 5.04. The van der Waals surface area contributed by atoms with Gasteiger partial charge < -0.3 is 4.57 Å². The minimum absolute atomic E-state index is 0.640. The Morgan fingerprint density at radius 3 is 2.42 bits per heavy atom. The van der Waals surface area contributed by atoms with E-state index in [0.29, 0.717) is 16.0 Å². The van der Waals surface area contributed by atoms with E-state index in [2.05, 4.69) is 24.5 Å². The third-order valence-corrected chi connectivity index (χ3v) is 4.67. The molecule has 0 saturated carbocycles. The van der Waals surface area contributed by atoms with Gasteiger partial charge in [-0.1, -0.05) is 55.2 Å². The Bertz CT molecular complexity index is 858. The molecular formula is C20H20Cl2N2. The van der Waals surface area contributed by atoms with Crippen LogP contribution in [0.1, 0.15) is 31.7 Å². The summed E-state index contributed by atoms with van der Waals surface area (Å²) < 4.78 is 2.26. The van der Waals surface area contributed by atoms with Gasteiger partial charge in [0.25, 0.3) is 0 Å². The second kappa shape index (κ2) is 7.42. The van der Waals surface area contributed by atoms with Crippen molar-refractivity contribution in [2.45, 2.75) is 26.8 Å². The van der Waals surface area contributed by atoms with Gasteiger partial charge in [0.2, 0.25) is 0 Å². The van der Waals surface area contributed by atoms with Crippen molar-refractivity contribution in [1.29, 1.82) is 0 Å². The summed E-state index contributed by atoms with van der Waals surface area (Å²) >= 11 is 12.5. The van der Waals surface area contributed by atoms with Crippen LogP contribution in [0.2, 0.25) is 10.0 Å². The van der Waals surface area contributed by atoms with E-state index in [4.69, 9.17) is 28.2 Å². The molecule has 0 spiro atoms. The second-order valence-electron chi connectivity index (χ2n) is 6.26. The molecule has 0 fully saturated rings. The average Bonchev–Trinajstić information content (AvgIpc) is 2.90. The first-order valence-electron chi connectivity index (χ1n) is 8.13. The molecule has 1 aromatic heterocycles. The lowest BCUT2D eigenvalue weighted by atomic mass is 10.1. The van der Waals surface area contributed by atoms with E-state index in [0.717, 1.165) is 35.4 Å². The Kier molecular flexibility index (Phi) is 5.27. The van der Waals surface area contributed by atoms with Crippen LogP contribution in [0.25, 0.3) is 23.2 Å². The van der Waals surface area contributed by atoms with E-state index in [1.165, 1.54) is 0 Å². The minimum Gasteiger partial charge on any atom is -0.324 e. The minimum atomic E-state index is 0.640. The number of hydrogen-bond acceptors (Lipinski definition) is 1. The summed E-state index contributed by atoms with van der Waals surface area (Å²) in [5.74, 6) is 1.56. The SMILES string of the molecule is CC(C)CCn1c(/C=C/c2c(Cl)cccc2Cl)nc2ccccc21. The topological polar surface area (TPSA) is 17.8 Å². The lowest BCUT2D eigenvalue weighted by molar-refractivity contribution is 0.521. The highest BCUT2D eigenvalue weighted by molar-refractivity contribution is 6.37. The van der Waals surface area contributed by atoms with Crippen LogP contribution in [0.5, 0.6) is 0 Å². The Labute approximate surface area is 152 Å². The molecule has 0 unspecified atom stereocenters. The Balaban J connectivity index is 2.02. The maximum absolute atomic E-state index is 6.25. The fourth-order valence-corrected chi connectivity index (χ4v) is 3.19. The number of hydrogen-bond donors (Lipinski definition) is 0. The fraction of sp³-hybridized carbons (Fsp3) is 0.250. The predicted octanol–water partition coefficient (Wildman–Crippen LogP) is 6.56. The number of benzene rings is 2. The average molecular weight is 359 g/mol. The van der Waals surface area contributed by atoms with Crippen LogP contribution in [0, 0.1) is 5.92 Å². The van der Waals surface area contributed by atoms with Gasteiger partial charge in [-0.2, -0.15) is 0 Å². The first kappa shape index (κ1) is 17.1. The number of aromatic nitrogens is 2. The zero-order valence-electron chi connectivity index (χ0n) is 13.8. The van der Waals surface area contributed by atoms with Gasteiger partial charge in [-0.15, -0.1) is 0 Å². The standard InChI is InChI=1S/C20H20Cl2N2/c1-14(2)12-13-24-19-9-4-3-8-18(19)23-20(24)11-10-15-16(21)6-5-7-17(15)22/h3-11,14H,12-13H2,1-2H3/b11-10+. The zero-order chi connectivity index (χ0) is 17.1. The lowest BCUT2D eigenvalue weighted by Gasteiger charge is -2.09.